The monoisotopic (exact) mass is 424 g/mol. The Balaban J connectivity index is 2.00. The number of hydrogen-bond donors (Lipinski definition) is 1. The number of benzene rings is 2. The second kappa shape index (κ2) is 7.55. The Morgan fingerprint density at radius 1 is 1.21 bits per heavy atom. The molecule has 0 bridgehead atoms. The molecule has 0 spiro atoms. The molecular weight excluding hydrogens is 413 g/mol. The van der Waals surface area contributed by atoms with Crippen LogP contribution in [0.1, 0.15) is 21.7 Å². The van der Waals surface area contributed by atoms with Crippen molar-refractivity contribution in [2.75, 3.05) is 5.32 Å². The minimum absolute atomic E-state index is 0.0497. The van der Waals surface area contributed by atoms with Crippen molar-refractivity contribution in [1.29, 1.82) is 0 Å². The molecule has 0 atom stereocenters. The zero-order valence-corrected chi connectivity index (χ0v) is 15.5. The molecule has 7 nitrogen and oxygen atoms in total. The maximum Gasteiger partial charge on any atom is 0.435 e. The van der Waals surface area contributed by atoms with Crippen LogP contribution in [0.15, 0.2) is 48.5 Å². The van der Waals surface area contributed by atoms with Gasteiger partial charge in [0, 0.05) is 17.3 Å². The molecular formula is C18H12ClF3N4O3. The van der Waals surface area contributed by atoms with Gasteiger partial charge in [-0.2, -0.15) is 18.3 Å². The molecule has 3 rings (SSSR count). The van der Waals surface area contributed by atoms with Gasteiger partial charge in [-0.1, -0.05) is 23.7 Å². The maximum atomic E-state index is 12.9. The van der Waals surface area contributed by atoms with E-state index in [4.69, 9.17) is 11.6 Å². The molecule has 1 amide bonds. The van der Waals surface area contributed by atoms with Gasteiger partial charge in [0.2, 0.25) is 0 Å². The first-order valence-corrected chi connectivity index (χ1v) is 8.44. The molecule has 3 aromatic rings. The molecule has 0 saturated heterocycles. The second-order valence-corrected chi connectivity index (χ2v) is 6.38. The van der Waals surface area contributed by atoms with Gasteiger partial charge in [0.15, 0.2) is 5.69 Å². The van der Waals surface area contributed by atoms with Crippen LogP contribution in [0.4, 0.5) is 24.5 Å². The van der Waals surface area contributed by atoms with E-state index in [2.05, 4.69) is 10.4 Å². The summed E-state index contributed by atoms with van der Waals surface area (Å²) in [7, 11) is 0. The van der Waals surface area contributed by atoms with Crippen molar-refractivity contribution in [3.8, 4) is 5.69 Å². The van der Waals surface area contributed by atoms with Crippen LogP contribution < -0.4 is 5.32 Å². The molecule has 0 saturated carbocycles. The third-order valence-electron chi connectivity index (χ3n) is 3.96. The summed E-state index contributed by atoms with van der Waals surface area (Å²) < 4.78 is 39.5. The van der Waals surface area contributed by atoms with Crippen molar-refractivity contribution in [3.63, 3.8) is 0 Å². The van der Waals surface area contributed by atoms with Gasteiger partial charge in [0.1, 0.15) is 5.69 Å². The molecule has 0 aliphatic carbocycles. The molecule has 0 radical (unpaired) electrons. The fourth-order valence-electron chi connectivity index (χ4n) is 2.60. The predicted molar refractivity (Wildman–Crippen MR) is 99.4 cm³/mol. The second-order valence-electron chi connectivity index (χ2n) is 5.98. The first-order chi connectivity index (χ1) is 13.6. The van der Waals surface area contributed by atoms with Crippen molar-refractivity contribution in [3.05, 3.63) is 80.6 Å². The van der Waals surface area contributed by atoms with Crippen LogP contribution in [0.5, 0.6) is 0 Å². The van der Waals surface area contributed by atoms with Gasteiger partial charge in [-0.15, -0.1) is 0 Å². The first-order valence-electron chi connectivity index (χ1n) is 8.06. The Hall–Kier alpha value is -3.40. The molecule has 1 heterocycles. The van der Waals surface area contributed by atoms with Gasteiger partial charge in [0.25, 0.3) is 11.6 Å². The molecule has 0 unspecified atom stereocenters. The highest BCUT2D eigenvalue weighted by Crippen LogP contribution is 2.32. The molecule has 150 valence electrons. The zero-order chi connectivity index (χ0) is 21.3. The van der Waals surface area contributed by atoms with Crippen LogP contribution in [-0.2, 0) is 6.18 Å². The fourth-order valence-corrected chi connectivity index (χ4v) is 2.79. The average Bonchev–Trinajstić information content (AvgIpc) is 3.05. The summed E-state index contributed by atoms with van der Waals surface area (Å²) >= 11 is 5.97. The van der Waals surface area contributed by atoms with Crippen LogP contribution in [0.25, 0.3) is 5.69 Å². The van der Waals surface area contributed by atoms with E-state index >= 15 is 0 Å². The number of nitrogens with one attached hydrogen (secondary N) is 1. The van der Waals surface area contributed by atoms with Crippen LogP contribution >= 0.6 is 11.6 Å². The number of aryl methyl sites for hydroxylation is 1. The molecule has 0 fully saturated rings. The number of amides is 1. The lowest BCUT2D eigenvalue weighted by Gasteiger charge is -2.09. The third-order valence-corrected chi connectivity index (χ3v) is 4.29. The van der Waals surface area contributed by atoms with E-state index in [-0.39, 0.29) is 22.0 Å². The smallest absolute Gasteiger partial charge is 0.321 e. The van der Waals surface area contributed by atoms with E-state index in [1.807, 2.05) is 0 Å². The molecule has 1 N–H and O–H groups in total. The minimum atomic E-state index is -4.69. The summed E-state index contributed by atoms with van der Waals surface area (Å²) in [6.45, 7) is 1.34. The van der Waals surface area contributed by atoms with Gasteiger partial charge < -0.3 is 5.32 Å². The minimum Gasteiger partial charge on any atom is -0.321 e. The van der Waals surface area contributed by atoms with Crippen LogP contribution in [0.3, 0.4) is 0 Å². The van der Waals surface area contributed by atoms with Crippen molar-refractivity contribution in [2.45, 2.75) is 13.1 Å². The standard InChI is InChI=1S/C18H12ClF3N4O3/c1-10-8-16(18(20,21)22)24-25(10)14-7-6-11(9-15(14)26(28)29)17(27)23-13-5-3-2-4-12(13)19/h2-9H,1H3,(H,23,27). The zero-order valence-electron chi connectivity index (χ0n) is 14.7. The highest BCUT2D eigenvalue weighted by atomic mass is 35.5. The van der Waals surface area contributed by atoms with Gasteiger partial charge in [-0.3, -0.25) is 14.9 Å². The van der Waals surface area contributed by atoms with Crippen LogP contribution in [0.2, 0.25) is 5.02 Å². The van der Waals surface area contributed by atoms with Crippen molar-refractivity contribution >= 4 is 28.9 Å². The Kier molecular flexibility index (Phi) is 5.29. The summed E-state index contributed by atoms with van der Waals surface area (Å²) in [6.07, 6.45) is -4.69. The number of nitro benzene ring substituents is 1. The number of rotatable bonds is 4. The Morgan fingerprint density at radius 2 is 1.90 bits per heavy atom. The van der Waals surface area contributed by atoms with Crippen molar-refractivity contribution in [1.82, 2.24) is 9.78 Å². The predicted octanol–water partition coefficient (Wildman–Crippen LogP) is 5.01. The lowest BCUT2D eigenvalue weighted by Crippen LogP contribution is -2.14. The molecule has 2 aromatic carbocycles. The first kappa shape index (κ1) is 20.3. The lowest BCUT2D eigenvalue weighted by molar-refractivity contribution is -0.384. The number of anilines is 1. The Bertz CT molecular complexity index is 1110. The SMILES string of the molecule is Cc1cc(C(F)(F)F)nn1-c1ccc(C(=O)Nc2ccccc2Cl)cc1[N+](=O)[O-]. The number of aromatic nitrogens is 2. The summed E-state index contributed by atoms with van der Waals surface area (Å²) in [5.74, 6) is -0.666. The van der Waals surface area contributed by atoms with E-state index in [1.165, 1.54) is 19.1 Å². The number of alkyl halides is 3. The van der Waals surface area contributed by atoms with Crippen molar-refractivity contribution < 1.29 is 22.9 Å². The number of halogens is 4. The number of nitrogens with zero attached hydrogens (tertiary/aromatic N) is 3. The van der Waals surface area contributed by atoms with Gasteiger partial charge in [-0.25, -0.2) is 4.68 Å². The van der Waals surface area contributed by atoms with E-state index in [0.717, 1.165) is 16.8 Å². The number of para-hydroxylation sites is 1. The van der Waals surface area contributed by atoms with Crippen LogP contribution in [0, 0.1) is 17.0 Å². The summed E-state index contributed by atoms with van der Waals surface area (Å²) in [4.78, 5) is 23.1. The fraction of sp³-hybridized carbons (Fsp3) is 0.111. The van der Waals surface area contributed by atoms with Crippen molar-refractivity contribution in [2.24, 2.45) is 0 Å². The maximum absolute atomic E-state index is 12.9. The van der Waals surface area contributed by atoms with E-state index in [1.54, 1.807) is 24.3 Å². The lowest BCUT2D eigenvalue weighted by atomic mass is 10.1. The Labute approximate surface area is 166 Å². The van der Waals surface area contributed by atoms with E-state index in [9.17, 15) is 28.1 Å². The van der Waals surface area contributed by atoms with Gasteiger partial charge in [-0.05, 0) is 37.3 Å². The highest BCUT2D eigenvalue weighted by Gasteiger charge is 2.35. The normalized spacial score (nSPS) is 11.3. The van der Waals surface area contributed by atoms with E-state index in [0.29, 0.717) is 5.69 Å². The molecule has 29 heavy (non-hydrogen) atoms. The molecule has 0 aliphatic rings. The Morgan fingerprint density at radius 3 is 2.48 bits per heavy atom. The van der Waals surface area contributed by atoms with E-state index < -0.39 is 28.4 Å². The largest absolute Gasteiger partial charge is 0.435 e. The number of carbonyl (C=O) groups is 1. The average molecular weight is 425 g/mol. The van der Waals surface area contributed by atoms with Gasteiger partial charge >= 0.3 is 6.18 Å². The number of nitro groups is 1. The molecule has 1 aromatic heterocycles. The van der Waals surface area contributed by atoms with Gasteiger partial charge in [0.05, 0.1) is 15.6 Å². The summed E-state index contributed by atoms with van der Waals surface area (Å²) in [5.41, 5.74) is -1.66. The molecule has 0 aliphatic heterocycles. The summed E-state index contributed by atoms with van der Waals surface area (Å²) in [5, 5.41) is 17.7. The highest BCUT2D eigenvalue weighted by molar-refractivity contribution is 6.33. The topological polar surface area (TPSA) is 90.1 Å². The number of carbonyl (C=O) groups excluding carboxylic acids is 1. The third kappa shape index (κ3) is 4.21. The summed E-state index contributed by atoms with van der Waals surface area (Å²) in [6, 6.07) is 10.6. The number of hydrogen-bond acceptors (Lipinski definition) is 4. The quantitative estimate of drug-likeness (QED) is 0.470. The van der Waals surface area contributed by atoms with Crippen LogP contribution in [-0.4, -0.2) is 20.6 Å². The molecule has 11 heteroatoms.